The highest BCUT2D eigenvalue weighted by atomic mass is 32.1. The fraction of sp³-hybridized carbons (Fsp3) is 0.400. The molecule has 3 rings (SSSR count). The minimum Gasteiger partial charge on any atom is -0.459 e. The number of nitrogens with one attached hydrogen (secondary N) is 2. The van der Waals surface area contributed by atoms with Gasteiger partial charge in [0.25, 0.3) is 0 Å². The number of amides is 2. The van der Waals surface area contributed by atoms with E-state index in [0.717, 1.165) is 29.9 Å². The molecule has 0 spiro atoms. The van der Waals surface area contributed by atoms with Crippen molar-refractivity contribution in [1.82, 2.24) is 10.6 Å². The third kappa shape index (κ3) is 3.22. The molecule has 2 aromatic rings. The first-order valence-corrected chi connectivity index (χ1v) is 7.91. The number of carbonyl (C=O) groups is 1. The molecule has 2 heterocycles. The van der Waals surface area contributed by atoms with Crippen LogP contribution in [-0.4, -0.2) is 12.1 Å². The van der Waals surface area contributed by atoms with Crippen LogP contribution in [0.25, 0.3) is 11.3 Å². The molecular weight excluding hydrogens is 272 g/mol. The van der Waals surface area contributed by atoms with E-state index >= 15 is 0 Å². The molecule has 2 amide bonds. The molecule has 0 unspecified atom stereocenters. The summed E-state index contributed by atoms with van der Waals surface area (Å²) in [5.74, 6) is 1.62. The van der Waals surface area contributed by atoms with Gasteiger partial charge in [0.1, 0.15) is 11.5 Å². The second kappa shape index (κ2) is 6.13. The summed E-state index contributed by atoms with van der Waals surface area (Å²) in [4.78, 5) is 11.7. The summed E-state index contributed by atoms with van der Waals surface area (Å²) in [5.41, 5.74) is 1.08. The summed E-state index contributed by atoms with van der Waals surface area (Å²) < 4.78 is 5.71. The van der Waals surface area contributed by atoms with Crippen molar-refractivity contribution in [2.45, 2.75) is 38.3 Å². The van der Waals surface area contributed by atoms with Crippen LogP contribution in [-0.2, 0) is 6.54 Å². The molecule has 0 atom stereocenters. The Morgan fingerprint density at radius 3 is 2.90 bits per heavy atom. The van der Waals surface area contributed by atoms with E-state index in [1.807, 2.05) is 29.0 Å². The molecule has 1 aliphatic rings. The third-order valence-corrected chi connectivity index (χ3v) is 4.26. The van der Waals surface area contributed by atoms with Crippen molar-refractivity contribution in [3.63, 3.8) is 0 Å². The summed E-state index contributed by atoms with van der Waals surface area (Å²) in [7, 11) is 0. The zero-order valence-electron chi connectivity index (χ0n) is 11.2. The van der Waals surface area contributed by atoms with E-state index in [1.165, 1.54) is 12.8 Å². The van der Waals surface area contributed by atoms with E-state index in [9.17, 15) is 4.79 Å². The maximum absolute atomic E-state index is 11.7. The first-order valence-electron chi connectivity index (χ1n) is 6.97. The number of urea groups is 1. The molecule has 106 valence electrons. The Labute approximate surface area is 122 Å². The monoisotopic (exact) mass is 290 g/mol. The van der Waals surface area contributed by atoms with Gasteiger partial charge in [-0.2, -0.15) is 11.3 Å². The number of rotatable bonds is 4. The zero-order chi connectivity index (χ0) is 13.8. The predicted molar refractivity (Wildman–Crippen MR) is 79.6 cm³/mol. The van der Waals surface area contributed by atoms with Crippen LogP contribution >= 0.6 is 11.3 Å². The molecule has 1 fully saturated rings. The van der Waals surface area contributed by atoms with Crippen molar-refractivity contribution in [1.29, 1.82) is 0 Å². The normalized spacial score (nSPS) is 15.4. The summed E-state index contributed by atoms with van der Waals surface area (Å²) in [6.45, 7) is 0.419. The van der Waals surface area contributed by atoms with Gasteiger partial charge in [0, 0.05) is 17.0 Å². The van der Waals surface area contributed by atoms with Crippen LogP contribution in [0, 0.1) is 0 Å². The van der Waals surface area contributed by atoms with Gasteiger partial charge in [0.15, 0.2) is 0 Å². The lowest BCUT2D eigenvalue weighted by molar-refractivity contribution is 0.236. The Hall–Kier alpha value is -1.75. The first kappa shape index (κ1) is 13.2. The molecule has 20 heavy (non-hydrogen) atoms. The lowest BCUT2D eigenvalue weighted by Gasteiger charge is -2.12. The fourth-order valence-corrected chi connectivity index (χ4v) is 3.15. The molecule has 4 nitrogen and oxygen atoms in total. The van der Waals surface area contributed by atoms with Crippen molar-refractivity contribution in [2.24, 2.45) is 0 Å². The zero-order valence-corrected chi connectivity index (χ0v) is 12.0. The fourth-order valence-electron chi connectivity index (χ4n) is 2.51. The molecule has 0 bridgehead atoms. The second-order valence-corrected chi connectivity index (χ2v) is 5.87. The van der Waals surface area contributed by atoms with Crippen LogP contribution in [0.1, 0.15) is 31.4 Å². The number of hydrogen-bond acceptors (Lipinski definition) is 3. The molecule has 0 aromatic carbocycles. The molecule has 2 aromatic heterocycles. The Morgan fingerprint density at radius 2 is 2.15 bits per heavy atom. The highest BCUT2D eigenvalue weighted by Crippen LogP contribution is 2.24. The number of hydrogen-bond donors (Lipinski definition) is 2. The smallest absolute Gasteiger partial charge is 0.315 e. The molecule has 1 saturated carbocycles. The van der Waals surface area contributed by atoms with E-state index in [-0.39, 0.29) is 6.03 Å². The average Bonchev–Trinajstić information content (AvgIpc) is 3.18. The minimum atomic E-state index is -0.106. The van der Waals surface area contributed by atoms with Gasteiger partial charge in [-0.15, -0.1) is 0 Å². The van der Waals surface area contributed by atoms with Crippen LogP contribution in [0.3, 0.4) is 0 Å². The lowest BCUT2D eigenvalue weighted by Crippen LogP contribution is -2.40. The van der Waals surface area contributed by atoms with E-state index in [1.54, 1.807) is 11.3 Å². The van der Waals surface area contributed by atoms with E-state index in [4.69, 9.17) is 4.42 Å². The first-order chi connectivity index (χ1) is 9.81. The number of carbonyl (C=O) groups excluding carboxylic acids is 1. The van der Waals surface area contributed by atoms with Gasteiger partial charge in [0.05, 0.1) is 6.54 Å². The van der Waals surface area contributed by atoms with Gasteiger partial charge in [-0.25, -0.2) is 4.79 Å². The highest BCUT2D eigenvalue weighted by molar-refractivity contribution is 7.08. The summed E-state index contributed by atoms with van der Waals surface area (Å²) >= 11 is 1.64. The highest BCUT2D eigenvalue weighted by Gasteiger charge is 2.16. The molecule has 0 aliphatic heterocycles. The Bertz CT molecular complexity index is 556. The van der Waals surface area contributed by atoms with Crippen LogP contribution in [0.15, 0.2) is 33.4 Å². The van der Waals surface area contributed by atoms with Crippen molar-refractivity contribution < 1.29 is 9.21 Å². The molecule has 5 heteroatoms. The summed E-state index contributed by atoms with van der Waals surface area (Å²) in [5, 5.41) is 9.90. The van der Waals surface area contributed by atoms with Gasteiger partial charge in [-0.1, -0.05) is 12.8 Å². The van der Waals surface area contributed by atoms with Crippen molar-refractivity contribution in [2.75, 3.05) is 0 Å². The Morgan fingerprint density at radius 1 is 1.30 bits per heavy atom. The average molecular weight is 290 g/mol. The summed E-state index contributed by atoms with van der Waals surface area (Å²) in [6.07, 6.45) is 4.62. The SMILES string of the molecule is O=C(NCc1ccc(-c2ccsc2)o1)NC1CCCC1. The predicted octanol–water partition coefficient (Wildman–Crippen LogP) is 3.75. The van der Waals surface area contributed by atoms with Gasteiger partial charge < -0.3 is 15.1 Å². The Kier molecular flexibility index (Phi) is 4.06. The maximum atomic E-state index is 11.7. The summed E-state index contributed by atoms with van der Waals surface area (Å²) in [6, 6.07) is 6.10. The van der Waals surface area contributed by atoms with Gasteiger partial charge >= 0.3 is 6.03 Å². The number of furan rings is 1. The molecule has 0 radical (unpaired) electrons. The Balaban J connectivity index is 1.49. The van der Waals surface area contributed by atoms with Crippen molar-refractivity contribution >= 4 is 17.4 Å². The largest absolute Gasteiger partial charge is 0.459 e. The van der Waals surface area contributed by atoms with E-state index in [0.29, 0.717) is 12.6 Å². The third-order valence-electron chi connectivity index (χ3n) is 3.58. The van der Waals surface area contributed by atoms with Crippen molar-refractivity contribution in [3.8, 4) is 11.3 Å². The maximum Gasteiger partial charge on any atom is 0.315 e. The van der Waals surface area contributed by atoms with Crippen LogP contribution in [0.4, 0.5) is 4.79 Å². The van der Waals surface area contributed by atoms with Crippen LogP contribution in [0.5, 0.6) is 0 Å². The van der Waals surface area contributed by atoms with Crippen molar-refractivity contribution in [3.05, 3.63) is 34.7 Å². The van der Waals surface area contributed by atoms with Crippen LogP contribution < -0.4 is 10.6 Å². The molecular formula is C15H18N2O2S. The standard InChI is InChI=1S/C15H18N2O2S/c18-15(17-12-3-1-2-4-12)16-9-13-5-6-14(19-13)11-7-8-20-10-11/h5-8,10,12H,1-4,9H2,(H2,16,17,18). The minimum absolute atomic E-state index is 0.106. The van der Waals surface area contributed by atoms with E-state index in [2.05, 4.69) is 10.6 Å². The topological polar surface area (TPSA) is 54.3 Å². The second-order valence-electron chi connectivity index (χ2n) is 5.09. The molecule has 1 aliphatic carbocycles. The van der Waals surface area contributed by atoms with Gasteiger partial charge in [0.2, 0.25) is 0 Å². The number of thiophene rings is 1. The quantitative estimate of drug-likeness (QED) is 0.901. The molecule has 0 saturated heterocycles. The lowest BCUT2D eigenvalue weighted by atomic mass is 10.2. The van der Waals surface area contributed by atoms with Gasteiger partial charge in [-0.05, 0) is 36.4 Å². The molecule has 2 N–H and O–H groups in total. The van der Waals surface area contributed by atoms with Gasteiger partial charge in [-0.3, -0.25) is 0 Å². The van der Waals surface area contributed by atoms with E-state index < -0.39 is 0 Å². The van der Waals surface area contributed by atoms with Crippen LogP contribution in [0.2, 0.25) is 0 Å².